The van der Waals surface area contributed by atoms with Crippen molar-refractivity contribution in [2.45, 2.75) is 51.0 Å². The van der Waals surface area contributed by atoms with Gasteiger partial charge in [-0.15, -0.1) is 0 Å². The molecule has 2 rings (SSSR count). The molecule has 1 aliphatic carbocycles. The number of hydrogen-bond acceptors (Lipinski definition) is 3. The van der Waals surface area contributed by atoms with E-state index in [0.717, 1.165) is 37.9 Å². The Morgan fingerprint density at radius 2 is 2.10 bits per heavy atom. The lowest BCUT2D eigenvalue weighted by Gasteiger charge is -2.27. The lowest BCUT2D eigenvalue weighted by atomic mass is 9.85. The molecule has 0 spiro atoms. The standard InChI is InChI=1S/C17H26N2O2/c1-2-4-13-6-8-15(9-7-13)21-12-10-14-5-3-11-17(14,19)16(18)20/h6-9,14H,2-5,10-12,19H2,1H3,(H2,18,20). The minimum Gasteiger partial charge on any atom is -0.494 e. The highest BCUT2D eigenvalue weighted by atomic mass is 16.5. The van der Waals surface area contributed by atoms with Crippen molar-refractivity contribution in [1.82, 2.24) is 0 Å². The van der Waals surface area contributed by atoms with Crippen LogP contribution in [-0.2, 0) is 11.2 Å². The van der Waals surface area contributed by atoms with Gasteiger partial charge in [-0.3, -0.25) is 4.79 Å². The third-order valence-electron chi connectivity index (χ3n) is 4.53. The zero-order valence-electron chi connectivity index (χ0n) is 12.8. The van der Waals surface area contributed by atoms with Crippen molar-refractivity contribution in [3.63, 3.8) is 0 Å². The van der Waals surface area contributed by atoms with Crippen molar-refractivity contribution in [2.24, 2.45) is 17.4 Å². The number of aryl methyl sites for hydroxylation is 1. The molecule has 1 aromatic rings. The van der Waals surface area contributed by atoms with E-state index in [1.54, 1.807) is 0 Å². The minimum absolute atomic E-state index is 0.134. The second kappa shape index (κ2) is 6.94. The second-order valence-corrected chi connectivity index (χ2v) is 6.02. The Morgan fingerprint density at radius 1 is 1.38 bits per heavy atom. The highest BCUT2D eigenvalue weighted by Gasteiger charge is 2.43. The molecule has 1 fully saturated rings. The van der Waals surface area contributed by atoms with E-state index in [4.69, 9.17) is 16.2 Å². The lowest BCUT2D eigenvalue weighted by Crippen LogP contribution is -2.54. The molecular formula is C17H26N2O2. The van der Waals surface area contributed by atoms with Crippen LogP contribution in [0, 0.1) is 5.92 Å². The summed E-state index contributed by atoms with van der Waals surface area (Å²) in [7, 11) is 0. The molecule has 0 radical (unpaired) electrons. The highest BCUT2D eigenvalue weighted by Crippen LogP contribution is 2.35. The van der Waals surface area contributed by atoms with Gasteiger partial charge in [-0.05, 0) is 49.3 Å². The molecule has 0 heterocycles. The second-order valence-electron chi connectivity index (χ2n) is 6.02. The Morgan fingerprint density at radius 3 is 2.71 bits per heavy atom. The van der Waals surface area contributed by atoms with Crippen molar-refractivity contribution in [3.05, 3.63) is 29.8 Å². The predicted octanol–water partition coefficient (Wildman–Crippen LogP) is 2.39. The molecule has 0 aliphatic heterocycles. The molecule has 4 nitrogen and oxygen atoms in total. The fourth-order valence-electron chi connectivity index (χ4n) is 3.19. The number of hydrogen-bond donors (Lipinski definition) is 2. The average molecular weight is 290 g/mol. The fraction of sp³-hybridized carbons (Fsp3) is 0.588. The first-order valence-electron chi connectivity index (χ1n) is 7.87. The van der Waals surface area contributed by atoms with Gasteiger partial charge in [0.25, 0.3) is 0 Å². The van der Waals surface area contributed by atoms with Gasteiger partial charge < -0.3 is 16.2 Å². The molecule has 2 unspecified atom stereocenters. The van der Waals surface area contributed by atoms with Crippen molar-refractivity contribution in [1.29, 1.82) is 0 Å². The van der Waals surface area contributed by atoms with Crippen molar-refractivity contribution >= 4 is 5.91 Å². The molecule has 1 aromatic carbocycles. The minimum atomic E-state index is -0.839. The van der Waals surface area contributed by atoms with E-state index >= 15 is 0 Å². The van der Waals surface area contributed by atoms with Gasteiger partial charge in [0.2, 0.25) is 5.91 Å². The smallest absolute Gasteiger partial charge is 0.237 e. The quantitative estimate of drug-likeness (QED) is 0.809. The van der Waals surface area contributed by atoms with E-state index in [0.29, 0.717) is 13.0 Å². The largest absolute Gasteiger partial charge is 0.494 e. The van der Waals surface area contributed by atoms with E-state index in [2.05, 4.69) is 19.1 Å². The van der Waals surface area contributed by atoms with Crippen LogP contribution in [-0.4, -0.2) is 18.1 Å². The number of rotatable bonds is 7. The van der Waals surface area contributed by atoms with E-state index in [-0.39, 0.29) is 11.8 Å². The Balaban J connectivity index is 1.82. The molecule has 0 bridgehead atoms. The zero-order valence-corrected chi connectivity index (χ0v) is 12.8. The monoisotopic (exact) mass is 290 g/mol. The maximum atomic E-state index is 11.5. The Labute approximate surface area is 126 Å². The Kier molecular flexibility index (Phi) is 5.23. The van der Waals surface area contributed by atoms with Crippen molar-refractivity contribution in [3.8, 4) is 5.75 Å². The average Bonchev–Trinajstić information content (AvgIpc) is 2.84. The summed E-state index contributed by atoms with van der Waals surface area (Å²) in [4.78, 5) is 11.5. The third-order valence-corrected chi connectivity index (χ3v) is 4.53. The van der Waals surface area contributed by atoms with E-state index < -0.39 is 5.54 Å². The maximum absolute atomic E-state index is 11.5. The Bertz CT molecular complexity index is 472. The molecular weight excluding hydrogens is 264 g/mol. The molecule has 1 saturated carbocycles. The highest BCUT2D eigenvalue weighted by molar-refractivity contribution is 5.85. The van der Waals surface area contributed by atoms with Crippen molar-refractivity contribution in [2.75, 3.05) is 6.61 Å². The Hall–Kier alpha value is -1.55. The van der Waals surface area contributed by atoms with Gasteiger partial charge in [-0.2, -0.15) is 0 Å². The van der Waals surface area contributed by atoms with Crippen LogP contribution in [0.5, 0.6) is 5.75 Å². The van der Waals surface area contributed by atoms with E-state index in [9.17, 15) is 4.79 Å². The van der Waals surface area contributed by atoms with E-state index in [1.807, 2.05) is 12.1 Å². The summed E-state index contributed by atoms with van der Waals surface area (Å²) in [6.45, 7) is 2.74. The van der Waals surface area contributed by atoms with Gasteiger partial charge in [0.1, 0.15) is 5.75 Å². The van der Waals surface area contributed by atoms with Gasteiger partial charge in [0.15, 0.2) is 0 Å². The van der Waals surface area contributed by atoms with Gasteiger partial charge in [0.05, 0.1) is 12.1 Å². The third kappa shape index (κ3) is 3.76. The number of ether oxygens (including phenoxy) is 1. The number of amides is 1. The van der Waals surface area contributed by atoms with Crippen LogP contribution in [0.1, 0.15) is 44.6 Å². The molecule has 116 valence electrons. The van der Waals surface area contributed by atoms with Crippen LogP contribution < -0.4 is 16.2 Å². The summed E-state index contributed by atoms with van der Waals surface area (Å²) in [5.74, 6) is 0.623. The summed E-state index contributed by atoms with van der Waals surface area (Å²) in [5.41, 5.74) is 12.1. The molecule has 1 amide bonds. The molecule has 2 atom stereocenters. The summed E-state index contributed by atoms with van der Waals surface area (Å²) in [5, 5.41) is 0. The van der Waals surface area contributed by atoms with Crippen LogP contribution >= 0.6 is 0 Å². The molecule has 21 heavy (non-hydrogen) atoms. The van der Waals surface area contributed by atoms with Crippen LogP contribution in [0.3, 0.4) is 0 Å². The van der Waals surface area contributed by atoms with Gasteiger partial charge >= 0.3 is 0 Å². The zero-order chi connectivity index (χ0) is 15.3. The maximum Gasteiger partial charge on any atom is 0.237 e. The summed E-state index contributed by atoms with van der Waals surface area (Å²) in [6.07, 6.45) is 5.63. The topological polar surface area (TPSA) is 78.3 Å². The summed E-state index contributed by atoms with van der Waals surface area (Å²) in [6, 6.07) is 8.21. The van der Waals surface area contributed by atoms with Gasteiger partial charge in [-0.1, -0.05) is 31.9 Å². The summed E-state index contributed by atoms with van der Waals surface area (Å²) >= 11 is 0. The number of benzene rings is 1. The SMILES string of the molecule is CCCc1ccc(OCCC2CCCC2(N)C(N)=O)cc1. The number of carbonyl (C=O) groups excluding carboxylic acids is 1. The van der Waals surface area contributed by atoms with Crippen molar-refractivity contribution < 1.29 is 9.53 Å². The first kappa shape index (κ1) is 15.8. The number of primary amides is 1. The molecule has 0 saturated heterocycles. The normalized spacial score (nSPS) is 25.0. The first-order chi connectivity index (χ1) is 10.1. The number of nitrogens with two attached hydrogens (primary N) is 2. The van der Waals surface area contributed by atoms with Crippen LogP contribution in [0.2, 0.25) is 0 Å². The lowest BCUT2D eigenvalue weighted by molar-refractivity contribution is -0.124. The summed E-state index contributed by atoms with van der Waals surface area (Å²) < 4.78 is 5.77. The van der Waals surface area contributed by atoms with Gasteiger partial charge in [0, 0.05) is 0 Å². The van der Waals surface area contributed by atoms with Crippen LogP contribution in [0.25, 0.3) is 0 Å². The van der Waals surface area contributed by atoms with Crippen LogP contribution in [0.15, 0.2) is 24.3 Å². The van der Waals surface area contributed by atoms with E-state index in [1.165, 1.54) is 5.56 Å². The molecule has 4 N–H and O–H groups in total. The molecule has 1 aliphatic rings. The van der Waals surface area contributed by atoms with Crippen LogP contribution in [0.4, 0.5) is 0 Å². The number of carbonyl (C=O) groups is 1. The molecule has 0 aromatic heterocycles. The molecule has 4 heteroatoms. The predicted molar refractivity (Wildman–Crippen MR) is 84.0 cm³/mol. The van der Waals surface area contributed by atoms with Gasteiger partial charge in [-0.25, -0.2) is 0 Å². The fourth-order valence-corrected chi connectivity index (χ4v) is 3.19. The first-order valence-corrected chi connectivity index (χ1v) is 7.87.